The minimum Gasteiger partial charge on any atom is -0.611 e. The third-order valence-electron chi connectivity index (χ3n) is 6.43. The molecule has 0 unspecified atom stereocenters. The average molecular weight is 485 g/mol. The van der Waals surface area contributed by atoms with Gasteiger partial charge in [-0.2, -0.15) is 0 Å². The number of nitrogens with one attached hydrogen (secondary N) is 1. The van der Waals surface area contributed by atoms with Crippen LogP contribution in [0.5, 0.6) is 0 Å². The van der Waals surface area contributed by atoms with Crippen LogP contribution >= 0.6 is 0 Å². The quantitative estimate of drug-likeness (QED) is 0.323. The first kappa shape index (κ1) is 23.2. The number of aryl methyl sites for hydroxylation is 1. The summed E-state index contributed by atoms with van der Waals surface area (Å²) in [6.45, 7) is 6.00. The van der Waals surface area contributed by atoms with Gasteiger partial charge in [-0.25, -0.2) is 0 Å². The molecule has 0 radical (unpaired) electrons. The molecule has 0 aliphatic carbocycles. The molecule has 2 aliphatic heterocycles. The van der Waals surface area contributed by atoms with Gasteiger partial charge in [-0.05, 0) is 55.8 Å². The van der Waals surface area contributed by atoms with Gasteiger partial charge in [0.25, 0.3) is 5.69 Å². The number of hydrogen-bond acceptors (Lipinski definition) is 8. The van der Waals surface area contributed by atoms with Gasteiger partial charge in [-0.15, -0.1) is 0 Å². The monoisotopic (exact) mass is 484 g/mol. The van der Waals surface area contributed by atoms with E-state index in [9.17, 15) is 15.2 Å². The number of anilines is 2. The van der Waals surface area contributed by atoms with Gasteiger partial charge in [0.1, 0.15) is 11.5 Å². The summed E-state index contributed by atoms with van der Waals surface area (Å²) in [6, 6.07) is 22.1. The molecule has 3 aromatic rings. The number of nitro benzene ring substituents is 1. The molecule has 184 valence electrons. The van der Waals surface area contributed by atoms with Crippen LogP contribution < -0.4 is 20.4 Å². The number of nitro groups is 1. The molecular formula is C27H26N5O4-. The van der Waals surface area contributed by atoms with E-state index in [-0.39, 0.29) is 18.1 Å². The van der Waals surface area contributed by atoms with E-state index in [2.05, 4.69) is 5.43 Å². The number of non-ortho nitro benzene ring substituents is 1. The second-order valence-electron chi connectivity index (χ2n) is 8.94. The Morgan fingerprint density at radius 3 is 2.53 bits per heavy atom. The van der Waals surface area contributed by atoms with Gasteiger partial charge in [0.05, 0.1) is 33.6 Å². The Labute approximate surface area is 209 Å². The van der Waals surface area contributed by atoms with Gasteiger partial charge in [0, 0.05) is 18.6 Å². The number of benzene rings is 3. The molecule has 5 rings (SSSR count). The van der Waals surface area contributed by atoms with E-state index < -0.39 is 16.5 Å². The molecule has 9 nitrogen and oxygen atoms in total. The number of rotatable bonds is 5. The van der Waals surface area contributed by atoms with Crippen LogP contribution in [0.4, 0.5) is 22.7 Å². The zero-order valence-electron chi connectivity index (χ0n) is 20.3. The van der Waals surface area contributed by atoms with Crippen molar-refractivity contribution in [1.82, 2.24) is 5.43 Å². The molecule has 0 bridgehead atoms. The molecule has 1 fully saturated rings. The fraction of sp³-hybridized carbons (Fsp3) is 0.222. The van der Waals surface area contributed by atoms with Crippen molar-refractivity contribution in [3.05, 3.63) is 106 Å². The molecule has 9 heteroatoms. The van der Waals surface area contributed by atoms with Crippen LogP contribution in [-0.2, 0) is 4.74 Å². The van der Waals surface area contributed by atoms with Gasteiger partial charge in [0.15, 0.2) is 0 Å². The highest BCUT2D eigenvalue weighted by Crippen LogP contribution is 2.47. The molecule has 0 spiro atoms. The lowest BCUT2D eigenvalue weighted by Crippen LogP contribution is -2.54. The summed E-state index contributed by atoms with van der Waals surface area (Å²) in [4.78, 5) is 17.8. The number of ether oxygens (including phenoxy) is 1. The molecule has 0 saturated carbocycles. The fourth-order valence-corrected chi connectivity index (χ4v) is 4.77. The smallest absolute Gasteiger partial charge is 0.269 e. The molecule has 1 N–H and O–H groups in total. The van der Waals surface area contributed by atoms with E-state index in [1.165, 1.54) is 12.1 Å². The standard InChI is InChI=1S/C27H27N5O4/c1-4-36-26(33)25-29-31(20-11-13-21(14-12-20)32(34)35)27(3)17-23(19-8-6-5-7-9-19)28-22-16-18(2)10-15-24(22)30(25)27/h5-16,29,33H,4,17H2,1-3H3/p-1/t27-/m1/s1. The molecule has 2 aliphatic rings. The highest BCUT2D eigenvalue weighted by atomic mass is 16.6. The maximum absolute atomic E-state index is 13.2. The van der Waals surface area contributed by atoms with E-state index in [0.29, 0.717) is 12.1 Å². The highest BCUT2D eigenvalue weighted by Gasteiger charge is 2.50. The van der Waals surface area contributed by atoms with Gasteiger partial charge in [-0.1, -0.05) is 43.3 Å². The van der Waals surface area contributed by atoms with Crippen molar-refractivity contribution >= 4 is 28.5 Å². The Morgan fingerprint density at radius 2 is 1.86 bits per heavy atom. The Hall–Kier alpha value is -4.53. The first-order valence-electron chi connectivity index (χ1n) is 11.7. The van der Waals surface area contributed by atoms with Gasteiger partial charge in [0.2, 0.25) is 0 Å². The first-order valence-corrected chi connectivity index (χ1v) is 11.7. The second-order valence-corrected chi connectivity index (χ2v) is 8.94. The van der Waals surface area contributed by atoms with Crippen LogP contribution in [0.3, 0.4) is 0 Å². The van der Waals surface area contributed by atoms with Crippen LogP contribution in [0.15, 0.2) is 89.6 Å². The fourth-order valence-electron chi connectivity index (χ4n) is 4.77. The maximum Gasteiger partial charge on any atom is 0.269 e. The van der Waals surface area contributed by atoms with Gasteiger partial charge < -0.3 is 9.84 Å². The number of hydrazine groups is 1. The van der Waals surface area contributed by atoms with E-state index >= 15 is 0 Å². The van der Waals surface area contributed by atoms with Crippen molar-refractivity contribution in [2.24, 2.45) is 4.99 Å². The zero-order valence-corrected chi connectivity index (χ0v) is 20.3. The number of aliphatic imine (C=N–C) groups is 1. The Balaban J connectivity index is 1.73. The topological polar surface area (TPSA) is 106 Å². The number of fused-ring (bicyclic) bond motifs is 3. The zero-order chi connectivity index (χ0) is 25.4. The Bertz CT molecular complexity index is 1370. The normalized spacial score (nSPS) is 20.0. The van der Waals surface area contributed by atoms with Crippen molar-refractivity contribution in [3.8, 4) is 0 Å². The predicted molar refractivity (Wildman–Crippen MR) is 137 cm³/mol. The molecule has 0 amide bonds. The van der Waals surface area contributed by atoms with E-state index in [1.54, 1.807) is 19.1 Å². The number of hydrogen-bond donors (Lipinski definition) is 1. The molecule has 2 heterocycles. The van der Waals surface area contributed by atoms with Crippen LogP contribution in [0.1, 0.15) is 31.4 Å². The summed E-state index contributed by atoms with van der Waals surface area (Å²) < 4.78 is 5.41. The molecule has 1 atom stereocenters. The summed E-state index contributed by atoms with van der Waals surface area (Å²) in [5, 5.41) is 26.3. The third kappa shape index (κ3) is 3.88. The lowest BCUT2D eigenvalue weighted by molar-refractivity contribution is -0.384. The summed E-state index contributed by atoms with van der Waals surface area (Å²) in [5.74, 6) is -0.241. The van der Waals surface area contributed by atoms with Crippen molar-refractivity contribution < 1.29 is 14.8 Å². The van der Waals surface area contributed by atoms with Crippen LogP contribution in [-0.4, -0.2) is 22.9 Å². The maximum atomic E-state index is 13.2. The van der Waals surface area contributed by atoms with Crippen LogP contribution in [0, 0.1) is 17.0 Å². The molecule has 3 aromatic carbocycles. The summed E-state index contributed by atoms with van der Waals surface area (Å²) >= 11 is 0. The van der Waals surface area contributed by atoms with E-state index in [4.69, 9.17) is 9.73 Å². The molecule has 1 saturated heterocycles. The summed E-state index contributed by atoms with van der Waals surface area (Å²) in [7, 11) is 0. The molecule has 36 heavy (non-hydrogen) atoms. The Morgan fingerprint density at radius 1 is 1.14 bits per heavy atom. The van der Waals surface area contributed by atoms with Gasteiger partial charge >= 0.3 is 0 Å². The van der Waals surface area contributed by atoms with Crippen molar-refractivity contribution in [1.29, 1.82) is 0 Å². The Kier molecular flexibility index (Phi) is 5.75. The van der Waals surface area contributed by atoms with Crippen LogP contribution in [0.25, 0.3) is 0 Å². The largest absolute Gasteiger partial charge is 0.611 e. The van der Waals surface area contributed by atoms with Crippen molar-refractivity contribution in [3.63, 3.8) is 0 Å². The van der Waals surface area contributed by atoms with Crippen molar-refractivity contribution in [2.75, 3.05) is 16.5 Å². The number of nitrogens with zero attached hydrogens (tertiary/aromatic N) is 4. The third-order valence-corrected chi connectivity index (χ3v) is 6.43. The molecule has 0 aromatic heterocycles. The summed E-state index contributed by atoms with van der Waals surface area (Å²) in [5.41, 5.74) is 7.44. The molecular weight excluding hydrogens is 458 g/mol. The predicted octanol–water partition coefficient (Wildman–Crippen LogP) is 4.50. The van der Waals surface area contributed by atoms with E-state index in [1.807, 2.05) is 72.3 Å². The second kappa shape index (κ2) is 8.92. The SMILES string of the molecule is CCOC([O-])=C1NN(c2ccc([N+](=O)[O-])cc2)[C@]2(C)CC(c3ccccc3)=Nc3cc(C)ccc3N12. The first-order chi connectivity index (χ1) is 17.3. The van der Waals surface area contributed by atoms with Crippen LogP contribution in [0.2, 0.25) is 0 Å². The minimum absolute atomic E-state index is 0.0113. The summed E-state index contributed by atoms with van der Waals surface area (Å²) in [6.07, 6.45) is 0.442. The lowest BCUT2D eigenvalue weighted by Gasteiger charge is -2.40. The average Bonchev–Trinajstić information content (AvgIpc) is 3.10. The lowest BCUT2D eigenvalue weighted by atomic mass is 9.97. The van der Waals surface area contributed by atoms with Crippen molar-refractivity contribution in [2.45, 2.75) is 32.9 Å². The van der Waals surface area contributed by atoms with E-state index in [0.717, 1.165) is 28.2 Å². The van der Waals surface area contributed by atoms with Gasteiger partial charge in [-0.3, -0.25) is 30.4 Å². The highest BCUT2D eigenvalue weighted by molar-refractivity contribution is 6.05. The minimum atomic E-state index is -0.840.